The second kappa shape index (κ2) is 6.72. The third-order valence-corrected chi connectivity index (χ3v) is 3.55. The summed E-state index contributed by atoms with van der Waals surface area (Å²) in [6.07, 6.45) is 0.0645. The van der Waals surface area contributed by atoms with Crippen molar-refractivity contribution in [3.05, 3.63) is 48.0 Å². The molecule has 1 amide bonds. The fourth-order valence-corrected chi connectivity index (χ4v) is 2.26. The van der Waals surface area contributed by atoms with E-state index in [4.69, 9.17) is 5.26 Å². The van der Waals surface area contributed by atoms with Gasteiger partial charge in [0.2, 0.25) is 0 Å². The van der Waals surface area contributed by atoms with Gasteiger partial charge < -0.3 is 10.4 Å². The van der Waals surface area contributed by atoms with E-state index >= 15 is 0 Å². The van der Waals surface area contributed by atoms with Crippen LogP contribution in [0, 0.1) is 17.2 Å². The molecule has 112 valence electrons. The predicted molar refractivity (Wildman–Crippen MR) is 82.2 cm³/mol. The van der Waals surface area contributed by atoms with Gasteiger partial charge >= 0.3 is 5.97 Å². The lowest BCUT2D eigenvalue weighted by molar-refractivity contribution is -0.140. The minimum atomic E-state index is -1.14. The number of carboxylic acid groups (broad SMARTS) is 1. The average Bonchev–Trinajstić information content (AvgIpc) is 2.51. The zero-order valence-corrected chi connectivity index (χ0v) is 12.1. The van der Waals surface area contributed by atoms with Crippen molar-refractivity contribution in [2.24, 2.45) is 5.92 Å². The highest BCUT2D eigenvalue weighted by Crippen LogP contribution is 2.16. The lowest BCUT2D eigenvalue weighted by atomic mass is 9.98. The summed E-state index contributed by atoms with van der Waals surface area (Å²) < 4.78 is 0. The number of nitriles is 1. The number of carboxylic acids is 1. The third-order valence-electron chi connectivity index (χ3n) is 3.55. The molecule has 5 nitrogen and oxygen atoms in total. The molecular weight excluding hydrogens is 280 g/mol. The minimum absolute atomic E-state index is 0.0645. The van der Waals surface area contributed by atoms with E-state index in [9.17, 15) is 14.7 Å². The number of fused-ring (bicyclic) bond motifs is 1. The smallest absolute Gasteiger partial charge is 0.326 e. The monoisotopic (exact) mass is 296 g/mol. The molecule has 2 N–H and O–H groups in total. The number of nitrogens with zero attached hydrogens (tertiary/aromatic N) is 1. The minimum Gasteiger partial charge on any atom is -0.480 e. The first-order valence-electron chi connectivity index (χ1n) is 6.92. The molecule has 0 heterocycles. The summed E-state index contributed by atoms with van der Waals surface area (Å²) >= 11 is 0. The Hall–Kier alpha value is -2.87. The van der Waals surface area contributed by atoms with Gasteiger partial charge in [-0.05, 0) is 22.9 Å². The van der Waals surface area contributed by atoms with E-state index in [2.05, 4.69) is 5.32 Å². The Bertz CT molecular complexity index is 749. The molecule has 0 aliphatic heterocycles. The quantitative estimate of drug-likeness (QED) is 0.887. The van der Waals surface area contributed by atoms with Crippen molar-refractivity contribution >= 4 is 22.6 Å². The van der Waals surface area contributed by atoms with Crippen LogP contribution < -0.4 is 5.32 Å². The van der Waals surface area contributed by atoms with E-state index in [1.165, 1.54) is 0 Å². The molecule has 5 heteroatoms. The van der Waals surface area contributed by atoms with Crippen molar-refractivity contribution in [1.29, 1.82) is 5.26 Å². The topological polar surface area (TPSA) is 90.2 Å². The highest BCUT2D eigenvalue weighted by atomic mass is 16.4. The van der Waals surface area contributed by atoms with Crippen molar-refractivity contribution < 1.29 is 14.7 Å². The van der Waals surface area contributed by atoms with Gasteiger partial charge in [0.15, 0.2) is 0 Å². The van der Waals surface area contributed by atoms with Crippen molar-refractivity contribution in [2.45, 2.75) is 19.4 Å². The van der Waals surface area contributed by atoms with E-state index in [-0.39, 0.29) is 6.42 Å². The van der Waals surface area contributed by atoms with Crippen molar-refractivity contribution in [1.82, 2.24) is 5.32 Å². The summed E-state index contributed by atoms with van der Waals surface area (Å²) in [5.74, 6) is -2.06. The Morgan fingerprint density at radius 1 is 1.23 bits per heavy atom. The zero-order chi connectivity index (χ0) is 16.1. The van der Waals surface area contributed by atoms with E-state index in [1.54, 1.807) is 19.1 Å². The Morgan fingerprint density at radius 2 is 1.91 bits per heavy atom. The first-order chi connectivity index (χ1) is 10.5. The fraction of sp³-hybridized carbons (Fsp3) is 0.235. The van der Waals surface area contributed by atoms with Crippen LogP contribution in [0.4, 0.5) is 0 Å². The molecule has 0 saturated heterocycles. The molecule has 0 fully saturated rings. The van der Waals surface area contributed by atoms with Crippen LogP contribution >= 0.6 is 0 Å². The third kappa shape index (κ3) is 3.41. The molecule has 2 aromatic rings. The standard InChI is InChI=1S/C17H16N2O3/c1-11(8-9-18)15(17(21)22)19-16(20)14-7-6-12-4-2-3-5-13(12)10-14/h2-7,10-11,15H,8H2,1H3,(H,19,20)(H,21,22)/t11-,15+/m1/s1. The SMILES string of the molecule is C[C@H](CC#N)[C@H](NC(=O)c1ccc2ccccc2c1)C(=O)O. The van der Waals surface area contributed by atoms with Gasteiger partial charge in [0.25, 0.3) is 5.91 Å². The highest BCUT2D eigenvalue weighted by molar-refractivity contribution is 6.00. The van der Waals surface area contributed by atoms with Gasteiger partial charge in [0.1, 0.15) is 6.04 Å². The van der Waals surface area contributed by atoms with E-state index in [1.807, 2.05) is 36.4 Å². The largest absolute Gasteiger partial charge is 0.480 e. The van der Waals surface area contributed by atoms with Gasteiger partial charge in [-0.1, -0.05) is 37.3 Å². The zero-order valence-electron chi connectivity index (χ0n) is 12.1. The summed E-state index contributed by atoms with van der Waals surface area (Å²) in [6.45, 7) is 1.63. The predicted octanol–water partition coefficient (Wildman–Crippen LogP) is 2.57. The van der Waals surface area contributed by atoms with Gasteiger partial charge in [-0.2, -0.15) is 5.26 Å². The number of rotatable bonds is 5. The molecule has 0 unspecified atom stereocenters. The summed E-state index contributed by atoms with van der Waals surface area (Å²) in [6, 6.07) is 13.6. The normalized spacial score (nSPS) is 13.1. The van der Waals surface area contributed by atoms with Crippen LogP contribution in [0.5, 0.6) is 0 Å². The maximum atomic E-state index is 12.3. The Morgan fingerprint density at radius 3 is 2.55 bits per heavy atom. The molecule has 22 heavy (non-hydrogen) atoms. The van der Waals surface area contributed by atoms with Crippen molar-refractivity contribution in [3.63, 3.8) is 0 Å². The van der Waals surface area contributed by atoms with E-state index < -0.39 is 23.8 Å². The maximum absolute atomic E-state index is 12.3. The lowest BCUT2D eigenvalue weighted by Gasteiger charge is -2.19. The number of carbonyl (C=O) groups excluding carboxylic acids is 1. The molecule has 2 aromatic carbocycles. The summed E-state index contributed by atoms with van der Waals surface area (Å²) in [5.41, 5.74) is 0.397. The molecule has 0 aliphatic rings. The second-order valence-electron chi connectivity index (χ2n) is 5.19. The molecule has 2 rings (SSSR count). The van der Waals surface area contributed by atoms with Crippen LogP contribution in [-0.4, -0.2) is 23.0 Å². The number of hydrogen-bond acceptors (Lipinski definition) is 3. The fourth-order valence-electron chi connectivity index (χ4n) is 2.26. The van der Waals surface area contributed by atoms with Crippen LogP contribution in [0.15, 0.2) is 42.5 Å². The first-order valence-corrected chi connectivity index (χ1v) is 6.92. The molecule has 0 saturated carbocycles. The van der Waals surface area contributed by atoms with Crippen molar-refractivity contribution in [2.75, 3.05) is 0 Å². The van der Waals surface area contributed by atoms with Crippen LogP contribution in [0.25, 0.3) is 10.8 Å². The average molecular weight is 296 g/mol. The van der Waals surface area contributed by atoms with Gasteiger partial charge in [-0.25, -0.2) is 4.79 Å². The Labute approximate surface area is 128 Å². The second-order valence-corrected chi connectivity index (χ2v) is 5.19. The summed E-state index contributed by atoms with van der Waals surface area (Å²) in [7, 11) is 0. The lowest BCUT2D eigenvalue weighted by Crippen LogP contribution is -2.45. The number of nitrogens with one attached hydrogen (secondary N) is 1. The number of benzene rings is 2. The molecular formula is C17H16N2O3. The molecule has 0 bridgehead atoms. The number of hydrogen-bond donors (Lipinski definition) is 2. The van der Waals surface area contributed by atoms with Crippen LogP contribution in [0.3, 0.4) is 0 Å². The highest BCUT2D eigenvalue weighted by Gasteiger charge is 2.26. The van der Waals surface area contributed by atoms with Gasteiger partial charge in [0.05, 0.1) is 6.07 Å². The van der Waals surface area contributed by atoms with E-state index in [0.717, 1.165) is 10.8 Å². The number of carbonyl (C=O) groups is 2. The first kappa shape index (κ1) is 15.5. The number of aliphatic carboxylic acids is 1. The Kier molecular flexibility index (Phi) is 4.74. The van der Waals surface area contributed by atoms with E-state index in [0.29, 0.717) is 5.56 Å². The van der Waals surface area contributed by atoms with Crippen LogP contribution in [0.2, 0.25) is 0 Å². The molecule has 0 spiro atoms. The Balaban J connectivity index is 2.21. The van der Waals surface area contributed by atoms with Gasteiger partial charge in [-0.15, -0.1) is 0 Å². The molecule has 2 atom stereocenters. The van der Waals surface area contributed by atoms with Crippen molar-refractivity contribution in [3.8, 4) is 6.07 Å². The summed E-state index contributed by atoms with van der Waals surface area (Å²) in [5, 5.41) is 22.3. The molecule has 0 radical (unpaired) electrons. The van der Waals surface area contributed by atoms with Gasteiger partial charge in [0, 0.05) is 17.9 Å². The summed E-state index contributed by atoms with van der Waals surface area (Å²) in [4.78, 5) is 23.5. The number of amides is 1. The molecule has 0 aromatic heterocycles. The van der Waals surface area contributed by atoms with Crippen LogP contribution in [-0.2, 0) is 4.79 Å². The van der Waals surface area contributed by atoms with Gasteiger partial charge in [-0.3, -0.25) is 4.79 Å². The maximum Gasteiger partial charge on any atom is 0.326 e. The molecule has 0 aliphatic carbocycles. The van der Waals surface area contributed by atoms with Crippen LogP contribution in [0.1, 0.15) is 23.7 Å².